The molecular weight excluding hydrogens is 371 g/mol. The van der Waals surface area contributed by atoms with Crippen LogP contribution in [-0.4, -0.2) is 61.1 Å². The number of aromatic nitrogens is 1. The molecule has 0 radical (unpaired) electrons. The summed E-state index contributed by atoms with van der Waals surface area (Å²) in [5.74, 6) is -1.42. The number of carbonyl (C=O) groups is 2. The van der Waals surface area contributed by atoms with E-state index in [2.05, 4.69) is 20.5 Å². The van der Waals surface area contributed by atoms with Crippen molar-refractivity contribution in [2.45, 2.75) is 6.92 Å². The Balaban J connectivity index is 1.58. The van der Waals surface area contributed by atoms with E-state index in [0.717, 1.165) is 24.2 Å². The van der Waals surface area contributed by atoms with Crippen molar-refractivity contribution in [1.82, 2.24) is 15.2 Å². The molecule has 0 spiro atoms. The van der Waals surface area contributed by atoms with Crippen LogP contribution < -0.4 is 10.6 Å². The van der Waals surface area contributed by atoms with E-state index in [1.807, 2.05) is 0 Å². The number of benzene rings is 1. The monoisotopic (exact) mass is 392 g/mol. The lowest BCUT2D eigenvalue weighted by atomic mass is 10.1. The zero-order chi connectivity index (χ0) is 19.2. The Morgan fingerprint density at radius 3 is 2.74 bits per heavy atom. The van der Waals surface area contributed by atoms with Crippen LogP contribution in [0.5, 0.6) is 0 Å². The van der Waals surface area contributed by atoms with Crippen LogP contribution in [0.3, 0.4) is 0 Å². The first-order valence-electron chi connectivity index (χ1n) is 8.63. The van der Waals surface area contributed by atoms with Gasteiger partial charge in [0.25, 0.3) is 11.8 Å². The molecule has 9 heteroatoms. The second-order valence-corrected chi connectivity index (χ2v) is 7.21. The molecule has 1 aromatic heterocycles. The van der Waals surface area contributed by atoms with Crippen molar-refractivity contribution in [2.75, 3.05) is 44.7 Å². The lowest BCUT2D eigenvalue weighted by Gasteiger charge is -2.26. The van der Waals surface area contributed by atoms with Gasteiger partial charge in [-0.15, -0.1) is 11.3 Å². The number of nitrogens with one attached hydrogen (secondary N) is 2. The van der Waals surface area contributed by atoms with Crippen LogP contribution in [0.15, 0.2) is 23.6 Å². The molecule has 2 heterocycles. The summed E-state index contributed by atoms with van der Waals surface area (Å²) in [4.78, 5) is 30.7. The van der Waals surface area contributed by atoms with Gasteiger partial charge in [0, 0.05) is 42.8 Å². The van der Waals surface area contributed by atoms with Gasteiger partial charge < -0.3 is 15.4 Å². The van der Waals surface area contributed by atoms with Gasteiger partial charge in [0.2, 0.25) is 0 Å². The molecule has 27 heavy (non-hydrogen) atoms. The predicted octanol–water partition coefficient (Wildman–Crippen LogP) is 1.90. The first-order chi connectivity index (χ1) is 13.0. The molecule has 0 bridgehead atoms. The number of hydrogen-bond acceptors (Lipinski definition) is 6. The van der Waals surface area contributed by atoms with Gasteiger partial charge in [0.15, 0.2) is 0 Å². The number of aryl methyl sites for hydroxylation is 1. The third kappa shape index (κ3) is 5.56. The van der Waals surface area contributed by atoms with Gasteiger partial charge in [0.05, 0.1) is 18.2 Å². The van der Waals surface area contributed by atoms with Gasteiger partial charge in [-0.25, -0.2) is 9.37 Å². The maximum Gasteiger partial charge on any atom is 0.275 e. The Morgan fingerprint density at radius 1 is 1.26 bits per heavy atom. The van der Waals surface area contributed by atoms with E-state index in [9.17, 15) is 14.0 Å². The van der Waals surface area contributed by atoms with Gasteiger partial charge in [-0.05, 0) is 25.1 Å². The molecule has 1 aliphatic rings. The first-order valence-corrected chi connectivity index (χ1v) is 9.51. The lowest BCUT2D eigenvalue weighted by molar-refractivity contribution is 0.0383. The normalized spacial score (nSPS) is 14.7. The molecule has 0 unspecified atom stereocenters. The molecule has 1 fully saturated rings. The van der Waals surface area contributed by atoms with E-state index in [0.29, 0.717) is 26.3 Å². The highest BCUT2D eigenvalue weighted by Crippen LogP contribution is 2.16. The summed E-state index contributed by atoms with van der Waals surface area (Å²) in [5.41, 5.74) is 0.629. The number of nitrogens with zero attached hydrogens (tertiary/aromatic N) is 2. The first kappa shape index (κ1) is 19.4. The number of carbonyl (C=O) groups excluding carboxylic acids is 2. The van der Waals surface area contributed by atoms with Crippen LogP contribution in [0.1, 0.15) is 25.9 Å². The maximum absolute atomic E-state index is 13.9. The number of amides is 2. The highest BCUT2D eigenvalue weighted by molar-refractivity contribution is 7.09. The molecule has 0 saturated carbocycles. The highest BCUT2D eigenvalue weighted by Gasteiger charge is 2.14. The number of rotatable bonds is 6. The minimum Gasteiger partial charge on any atom is -0.379 e. The average molecular weight is 392 g/mol. The fraction of sp³-hybridized carbons (Fsp3) is 0.389. The summed E-state index contributed by atoms with van der Waals surface area (Å²) >= 11 is 1.35. The molecule has 2 amide bonds. The summed E-state index contributed by atoms with van der Waals surface area (Å²) in [7, 11) is 0. The van der Waals surface area contributed by atoms with Crippen molar-refractivity contribution < 1.29 is 18.7 Å². The largest absolute Gasteiger partial charge is 0.379 e. The van der Waals surface area contributed by atoms with Gasteiger partial charge >= 0.3 is 0 Å². The molecule has 3 rings (SSSR count). The Labute approximate surface area is 160 Å². The molecular formula is C18H21FN4O3S. The lowest BCUT2D eigenvalue weighted by Crippen LogP contribution is -2.41. The molecule has 1 aliphatic heterocycles. The van der Waals surface area contributed by atoms with Crippen molar-refractivity contribution in [2.24, 2.45) is 0 Å². The number of thiazole rings is 1. The van der Waals surface area contributed by atoms with E-state index in [1.54, 1.807) is 12.3 Å². The van der Waals surface area contributed by atoms with Crippen LogP contribution >= 0.6 is 11.3 Å². The van der Waals surface area contributed by atoms with Crippen molar-refractivity contribution in [3.63, 3.8) is 0 Å². The van der Waals surface area contributed by atoms with Gasteiger partial charge in [-0.1, -0.05) is 0 Å². The third-order valence-corrected chi connectivity index (χ3v) is 4.86. The molecule has 2 N–H and O–H groups in total. The topological polar surface area (TPSA) is 83.6 Å². The molecule has 144 valence electrons. The smallest absolute Gasteiger partial charge is 0.275 e. The van der Waals surface area contributed by atoms with Gasteiger partial charge in [0.1, 0.15) is 11.5 Å². The Morgan fingerprint density at radius 2 is 2.04 bits per heavy atom. The molecule has 0 aliphatic carbocycles. The number of anilines is 1. The van der Waals surface area contributed by atoms with Crippen LogP contribution in [0.2, 0.25) is 0 Å². The summed E-state index contributed by atoms with van der Waals surface area (Å²) in [6.45, 7) is 6.01. The molecule has 1 saturated heterocycles. The Bertz CT molecular complexity index is 821. The van der Waals surface area contributed by atoms with Crippen molar-refractivity contribution in [3.8, 4) is 0 Å². The minimum absolute atomic E-state index is 0.154. The van der Waals surface area contributed by atoms with Crippen molar-refractivity contribution in [3.05, 3.63) is 45.7 Å². The fourth-order valence-electron chi connectivity index (χ4n) is 2.71. The number of morpholine rings is 1. The van der Waals surface area contributed by atoms with Crippen LogP contribution in [0.4, 0.5) is 10.1 Å². The molecule has 7 nitrogen and oxygen atoms in total. The SMILES string of the molecule is Cc1nc(C(=O)Nc2cc(F)cc(C(=O)NCCN3CCOCC3)c2)cs1. The zero-order valence-corrected chi connectivity index (χ0v) is 15.8. The Kier molecular flexibility index (Phi) is 6.49. The summed E-state index contributed by atoms with van der Waals surface area (Å²) in [5, 5.41) is 7.75. The van der Waals surface area contributed by atoms with E-state index < -0.39 is 11.7 Å². The highest BCUT2D eigenvalue weighted by atomic mass is 32.1. The average Bonchev–Trinajstić information content (AvgIpc) is 3.08. The quantitative estimate of drug-likeness (QED) is 0.785. The summed E-state index contributed by atoms with van der Waals surface area (Å²) in [6.07, 6.45) is 0. The fourth-order valence-corrected chi connectivity index (χ4v) is 3.30. The number of halogens is 1. The van der Waals surface area contributed by atoms with Crippen molar-refractivity contribution >= 4 is 28.8 Å². The number of ether oxygens (including phenoxy) is 1. The molecule has 2 aromatic rings. The van der Waals surface area contributed by atoms with E-state index in [-0.39, 0.29) is 22.9 Å². The van der Waals surface area contributed by atoms with Crippen LogP contribution in [0, 0.1) is 12.7 Å². The van der Waals surface area contributed by atoms with E-state index in [1.165, 1.54) is 23.5 Å². The standard InChI is InChI=1S/C18H21FN4O3S/c1-12-21-16(11-27-12)18(25)22-15-9-13(8-14(19)10-15)17(24)20-2-3-23-4-6-26-7-5-23/h8-11H,2-7H2,1H3,(H,20,24)(H,22,25). The van der Waals surface area contributed by atoms with Crippen molar-refractivity contribution in [1.29, 1.82) is 0 Å². The van der Waals surface area contributed by atoms with E-state index >= 15 is 0 Å². The summed E-state index contributed by atoms with van der Waals surface area (Å²) in [6, 6.07) is 3.76. The predicted molar refractivity (Wildman–Crippen MR) is 101 cm³/mol. The van der Waals surface area contributed by atoms with Crippen LogP contribution in [-0.2, 0) is 4.74 Å². The zero-order valence-electron chi connectivity index (χ0n) is 15.0. The van der Waals surface area contributed by atoms with Crippen LogP contribution in [0.25, 0.3) is 0 Å². The molecule has 0 atom stereocenters. The van der Waals surface area contributed by atoms with E-state index in [4.69, 9.17) is 4.74 Å². The van der Waals surface area contributed by atoms with Gasteiger partial charge in [-0.3, -0.25) is 14.5 Å². The number of hydrogen-bond donors (Lipinski definition) is 2. The summed E-state index contributed by atoms with van der Waals surface area (Å²) < 4.78 is 19.2. The maximum atomic E-state index is 13.9. The Hall–Kier alpha value is -2.36. The second-order valence-electron chi connectivity index (χ2n) is 6.14. The molecule has 1 aromatic carbocycles. The minimum atomic E-state index is -0.597. The van der Waals surface area contributed by atoms with Gasteiger partial charge in [-0.2, -0.15) is 0 Å². The second kappa shape index (κ2) is 9.03. The third-order valence-electron chi connectivity index (χ3n) is 4.09.